The molecule has 0 bridgehead atoms. The molecule has 0 unspecified atom stereocenters. The van der Waals surface area contributed by atoms with Crippen molar-refractivity contribution in [2.45, 2.75) is 13.8 Å². The van der Waals surface area contributed by atoms with Gasteiger partial charge in [0.05, 0.1) is 12.5 Å². The van der Waals surface area contributed by atoms with E-state index in [0.717, 1.165) is 17.2 Å². The van der Waals surface area contributed by atoms with Crippen molar-refractivity contribution < 1.29 is 14.3 Å². The molecule has 0 fully saturated rings. The maximum atomic E-state index is 10.4. The summed E-state index contributed by atoms with van der Waals surface area (Å²) in [6.45, 7) is 3.71. The minimum atomic E-state index is -0.933. The van der Waals surface area contributed by atoms with Crippen LogP contribution in [0, 0.1) is 0 Å². The summed E-state index contributed by atoms with van der Waals surface area (Å²) in [5.41, 5.74) is 2.78. The largest absolute Gasteiger partial charge is 0.478 e. The topological polar surface area (TPSA) is 50.4 Å². The summed E-state index contributed by atoms with van der Waals surface area (Å²) in [5.74, 6) is -0.933. The van der Waals surface area contributed by atoms with E-state index in [-0.39, 0.29) is 0 Å². The van der Waals surface area contributed by atoms with Crippen LogP contribution in [-0.2, 0) is 4.79 Å². The zero-order valence-electron chi connectivity index (χ0n) is 9.31. The van der Waals surface area contributed by atoms with E-state index in [1.54, 1.807) is 25.5 Å². The van der Waals surface area contributed by atoms with Crippen molar-refractivity contribution in [3.8, 4) is 0 Å². The van der Waals surface area contributed by atoms with Crippen LogP contribution in [0.3, 0.4) is 0 Å². The molecule has 1 aromatic rings. The molecule has 0 atom stereocenters. The second-order valence-electron chi connectivity index (χ2n) is 3.45. The molecule has 1 heterocycles. The Hall–Kier alpha value is -2.03. The highest BCUT2D eigenvalue weighted by Gasteiger charge is 1.94. The Morgan fingerprint density at radius 1 is 1.44 bits per heavy atom. The molecule has 0 aliphatic heterocycles. The lowest BCUT2D eigenvalue weighted by Gasteiger charge is -1.92. The summed E-state index contributed by atoms with van der Waals surface area (Å²) in [6.07, 6.45) is 9.92. The van der Waals surface area contributed by atoms with Crippen molar-refractivity contribution in [3.63, 3.8) is 0 Å². The van der Waals surface area contributed by atoms with Crippen LogP contribution < -0.4 is 0 Å². The van der Waals surface area contributed by atoms with Gasteiger partial charge in [0.15, 0.2) is 0 Å². The summed E-state index contributed by atoms with van der Waals surface area (Å²) >= 11 is 0. The second-order valence-corrected chi connectivity index (χ2v) is 3.45. The predicted molar refractivity (Wildman–Crippen MR) is 62.9 cm³/mol. The van der Waals surface area contributed by atoms with E-state index in [1.165, 1.54) is 0 Å². The standard InChI is InChI=1S/C13H14O3/c1-10(8-13(14)15)4-3-5-11(2)12-6-7-16-9-12/h3-9H,1-2H3,(H,14,15)/b4-3+,10-8+,11-5+. The van der Waals surface area contributed by atoms with Crippen LogP contribution in [0.2, 0.25) is 0 Å². The van der Waals surface area contributed by atoms with Gasteiger partial charge in [-0.25, -0.2) is 4.79 Å². The van der Waals surface area contributed by atoms with Crippen LogP contribution in [0.15, 0.2) is 52.9 Å². The number of furan rings is 1. The maximum absolute atomic E-state index is 10.4. The highest BCUT2D eigenvalue weighted by molar-refractivity contribution is 5.81. The van der Waals surface area contributed by atoms with E-state index in [1.807, 2.05) is 25.1 Å². The first-order chi connectivity index (χ1) is 7.59. The monoisotopic (exact) mass is 218 g/mol. The van der Waals surface area contributed by atoms with Gasteiger partial charge >= 0.3 is 5.97 Å². The molecular formula is C13H14O3. The Morgan fingerprint density at radius 2 is 2.19 bits per heavy atom. The van der Waals surface area contributed by atoms with Gasteiger partial charge in [0.25, 0.3) is 0 Å². The highest BCUT2D eigenvalue weighted by Crippen LogP contribution is 2.13. The van der Waals surface area contributed by atoms with Gasteiger partial charge in [0.2, 0.25) is 0 Å². The van der Waals surface area contributed by atoms with Crippen LogP contribution in [0.1, 0.15) is 19.4 Å². The van der Waals surface area contributed by atoms with E-state index < -0.39 is 5.97 Å². The van der Waals surface area contributed by atoms with Crippen molar-refractivity contribution in [3.05, 3.63) is 54.0 Å². The van der Waals surface area contributed by atoms with E-state index in [2.05, 4.69) is 0 Å². The number of hydrogen-bond donors (Lipinski definition) is 1. The van der Waals surface area contributed by atoms with Crippen LogP contribution in [0.25, 0.3) is 5.57 Å². The molecule has 0 saturated carbocycles. The number of carbonyl (C=O) groups is 1. The molecule has 16 heavy (non-hydrogen) atoms. The van der Waals surface area contributed by atoms with Crippen LogP contribution in [0.4, 0.5) is 0 Å². The highest BCUT2D eigenvalue weighted by atomic mass is 16.4. The summed E-state index contributed by atoms with van der Waals surface area (Å²) in [7, 11) is 0. The molecule has 3 nitrogen and oxygen atoms in total. The van der Waals surface area contributed by atoms with E-state index in [4.69, 9.17) is 9.52 Å². The van der Waals surface area contributed by atoms with Gasteiger partial charge in [0.1, 0.15) is 0 Å². The fraction of sp³-hybridized carbons (Fsp3) is 0.154. The third kappa shape index (κ3) is 4.00. The molecule has 0 saturated heterocycles. The first-order valence-electron chi connectivity index (χ1n) is 4.88. The molecule has 1 rings (SSSR count). The van der Waals surface area contributed by atoms with Gasteiger partial charge in [-0.05, 0) is 31.1 Å². The number of carboxylic acids is 1. The van der Waals surface area contributed by atoms with Gasteiger partial charge in [-0.2, -0.15) is 0 Å². The lowest BCUT2D eigenvalue weighted by Crippen LogP contribution is -1.87. The summed E-state index contributed by atoms with van der Waals surface area (Å²) in [4.78, 5) is 10.4. The van der Waals surface area contributed by atoms with Crippen LogP contribution in [0.5, 0.6) is 0 Å². The van der Waals surface area contributed by atoms with Gasteiger partial charge in [0, 0.05) is 11.6 Å². The third-order valence-electron chi connectivity index (χ3n) is 2.03. The average molecular weight is 218 g/mol. The minimum Gasteiger partial charge on any atom is -0.478 e. The number of carboxylic acid groups (broad SMARTS) is 1. The number of rotatable bonds is 4. The smallest absolute Gasteiger partial charge is 0.328 e. The Morgan fingerprint density at radius 3 is 2.75 bits per heavy atom. The molecular weight excluding hydrogens is 204 g/mol. The van der Waals surface area contributed by atoms with Crippen LogP contribution >= 0.6 is 0 Å². The molecule has 1 N–H and O–H groups in total. The number of hydrogen-bond acceptors (Lipinski definition) is 2. The fourth-order valence-corrected chi connectivity index (χ4v) is 1.17. The average Bonchev–Trinajstić information content (AvgIpc) is 2.68. The lowest BCUT2D eigenvalue weighted by atomic mass is 10.1. The summed E-state index contributed by atoms with van der Waals surface area (Å²) in [6, 6.07) is 1.87. The molecule has 3 heteroatoms. The van der Waals surface area contributed by atoms with Crippen molar-refractivity contribution in [2.75, 3.05) is 0 Å². The van der Waals surface area contributed by atoms with Crippen molar-refractivity contribution in [2.24, 2.45) is 0 Å². The maximum Gasteiger partial charge on any atom is 0.328 e. The van der Waals surface area contributed by atoms with E-state index in [0.29, 0.717) is 5.57 Å². The Kier molecular flexibility index (Phi) is 4.33. The van der Waals surface area contributed by atoms with E-state index >= 15 is 0 Å². The van der Waals surface area contributed by atoms with Crippen LogP contribution in [-0.4, -0.2) is 11.1 Å². The minimum absolute atomic E-state index is 0.698. The van der Waals surface area contributed by atoms with E-state index in [9.17, 15) is 4.79 Å². The molecule has 0 aliphatic rings. The number of aliphatic carboxylic acids is 1. The summed E-state index contributed by atoms with van der Waals surface area (Å²) in [5, 5.41) is 8.50. The Balaban J connectivity index is 2.66. The molecule has 84 valence electrons. The number of allylic oxidation sites excluding steroid dienone is 5. The molecule has 0 spiro atoms. The van der Waals surface area contributed by atoms with Gasteiger partial charge in [-0.3, -0.25) is 0 Å². The second kappa shape index (κ2) is 5.75. The molecule has 0 amide bonds. The van der Waals surface area contributed by atoms with Gasteiger partial charge in [-0.15, -0.1) is 0 Å². The lowest BCUT2D eigenvalue weighted by molar-refractivity contribution is -0.131. The molecule has 1 aromatic heterocycles. The first-order valence-corrected chi connectivity index (χ1v) is 4.88. The summed E-state index contributed by atoms with van der Waals surface area (Å²) < 4.78 is 4.96. The normalized spacial score (nSPS) is 13.4. The zero-order valence-corrected chi connectivity index (χ0v) is 9.31. The Labute approximate surface area is 94.4 Å². The van der Waals surface area contributed by atoms with Gasteiger partial charge in [-0.1, -0.05) is 18.2 Å². The van der Waals surface area contributed by atoms with Crippen molar-refractivity contribution >= 4 is 11.5 Å². The molecule has 0 radical (unpaired) electrons. The third-order valence-corrected chi connectivity index (χ3v) is 2.03. The first kappa shape index (κ1) is 12.0. The van der Waals surface area contributed by atoms with Gasteiger partial charge < -0.3 is 9.52 Å². The SMILES string of the molecule is CC(/C=C/C=C(\C)c1ccoc1)=C\C(=O)O. The Bertz CT molecular complexity index is 434. The van der Waals surface area contributed by atoms with Crippen molar-refractivity contribution in [1.82, 2.24) is 0 Å². The quantitative estimate of drug-likeness (QED) is 0.623. The predicted octanol–water partition coefficient (Wildman–Crippen LogP) is 3.27. The molecule has 0 aliphatic carbocycles. The fourth-order valence-electron chi connectivity index (χ4n) is 1.17. The molecule has 0 aromatic carbocycles. The zero-order chi connectivity index (χ0) is 12.0. The van der Waals surface area contributed by atoms with Crippen molar-refractivity contribution in [1.29, 1.82) is 0 Å².